The number of pyridine rings is 1. The maximum Gasteiger partial charge on any atom is 0.153 e. The molecule has 0 amide bonds. The van der Waals surface area contributed by atoms with Crippen LogP contribution in [-0.4, -0.2) is 4.98 Å². The number of nitrogens with zero attached hydrogens (tertiary/aromatic N) is 2. The van der Waals surface area contributed by atoms with Gasteiger partial charge in [0.2, 0.25) is 0 Å². The first kappa shape index (κ1) is 11.9. The van der Waals surface area contributed by atoms with Gasteiger partial charge < -0.3 is 11.1 Å². The number of rotatable bonds is 3. The van der Waals surface area contributed by atoms with E-state index < -0.39 is 0 Å². The van der Waals surface area contributed by atoms with Crippen LogP contribution in [0.15, 0.2) is 36.5 Å². The molecule has 3 N–H and O–H groups in total. The maximum absolute atomic E-state index is 8.76. The van der Waals surface area contributed by atoms with Crippen LogP contribution in [0.4, 0.5) is 17.2 Å². The SMILES string of the molecule is CCc1ccccc1Nc1ncc(C#N)cc1N. The normalized spacial score (nSPS) is 9.78. The fraction of sp³-hybridized carbons (Fsp3) is 0.143. The molecule has 90 valence electrons. The summed E-state index contributed by atoms with van der Waals surface area (Å²) in [6.45, 7) is 2.09. The van der Waals surface area contributed by atoms with E-state index in [1.807, 2.05) is 24.3 Å². The molecule has 0 atom stereocenters. The third kappa shape index (κ3) is 2.41. The fourth-order valence-electron chi connectivity index (χ4n) is 1.73. The molecule has 0 fully saturated rings. The van der Waals surface area contributed by atoms with Gasteiger partial charge in [0, 0.05) is 11.9 Å². The molecule has 0 bridgehead atoms. The number of aromatic nitrogens is 1. The lowest BCUT2D eigenvalue weighted by Crippen LogP contribution is -2.01. The molecule has 0 aliphatic rings. The second-order valence-corrected chi connectivity index (χ2v) is 3.91. The molecule has 0 radical (unpaired) electrons. The largest absolute Gasteiger partial charge is 0.396 e. The lowest BCUT2D eigenvalue weighted by molar-refractivity contribution is 1.14. The van der Waals surface area contributed by atoms with Crippen LogP contribution in [0.3, 0.4) is 0 Å². The van der Waals surface area contributed by atoms with Crippen molar-refractivity contribution in [3.63, 3.8) is 0 Å². The Bertz CT molecular complexity index is 599. The molecule has 0 saturated heterocycles. The molecule has 0 unspecified atom stereocenters. The molecule has 18 heavy (non-hydrogen) atoms. The highest BCUT2D eigenvalue weighted by Gasteiger charge is 2.05. The summed E-state index contributed by atoms with van der Waals surface area (Å²) < 4.78 is 0. The van der Waals surface area contributed by atoms with Crippen molar-refractivity contribution in [1.82, 2.24) is 4.98 Å². The van der Waals surface area contributed by atoms with E-state index in [1.54, 1.807) is 6.07 Å². The van der Waals surface area contributed by atoms with Crippen molar-refractivity contribution in [1.29, 1.82) is 5.26 Å². The van der Waals surface area contributed by atoms with Crippen molar-refractivity contribution in [2.24, 2.45) is 0 Å². The predicted octanol–water partition coefficient (Wildman–Crippen LogP) is 2.84. The Labute approximate surface area is 106 Å². The van der Waals surface area contributed by atoms with Crippen LogP contribution in [0.2, 0.25) is 0 Å². The van der Waals surface area contributed by atoms with Crippen LogP contribution < -0.4 is 11.1 Å². The van der Waals surface area contributed by atoms with Gasteiger partial charge in [-0.1, -0.05) is 25.1 Å². The van der Waals surface area contributed by atoms with Gasteiger partial charge in [0.1, 0.15) is 6.07 Å². The molecule has 0 aliphatic carbocycles. The van der Waals surface area contributed by atoms with E-state index in [4.69, 9.17) is 11.0 Å². The number of anilines is 3. The fourth-order valence-corrected chi connectivity index (χ4v) is 1.73. The van der Waals surface area contributed by atoms with Gasteiger partial charge in [0.25, 0.3) is 0 Å². The number of hydrogen-bond donors (Lipinski definition) is 2. The lowest BCUT2D eigenvalue weighted by Gasteiger charge is -2.11. The summed E-state index contributed by atoms with van der Waals surface area (Å²) in [7, 11) is 0. The molecule has 4 heteroatoms. The van der Waals surface area contributed by atoms with Crippen molar-refractivity contribution in [3.05, 3.63) is 47.7 Å². The van der Waals surface area contributed by atoms with Crippen LogP contribution in [0.1, 0.15) is 18.1 Å². The van der Waals surface area contributed by atoms with Gasteiger partial charge in [-0.25, -0.2) is 4.98 Å². The Kier molecular flexibility index (Phi) is 3.44. The number of nitrogens with two attached hydrogens (primary N) is 1. The quantitative estimate of drug-likeness (QED) is 0.862. The molecule has 0 saturated carbocycles. The first-order chi connectivity index (χ1) is 8.74. The van der Waals surface area contributed by atoms with Crippen molar-refractivity contribution in [2.45, 2.75) is 13.3 Å². The second-order valence-electron chi connectivity index (χ2n) is 3.91. The minimum absolute atomic E-state index is 0.460. The van der Waals surface area contributed by atoms with Gasteiger partial charge in [-0.05, 0) is 24.1 Å². The van der Waals surface area contributed by atoms with Crippen molar-refractivity contribution in [3.8, 4) is 6.07 Å². The van der Waals surface area contributed by atoms with E-state index in [9.17, 15) is 0 Å². The summed E-state index contributed by atoms with van der Waals surface area (Å²) in [6.07, 6.45) is 2.44. The van der Waals surface area contributed by atoms with E-state index in [-0.39, 0.29) is 0 Å². The minimum atomic E-state index is 0.460. The third-order valence-corrected chi connectivity index (χ3v) is 2.70. The smallest absolute Gasteiger partial charge is 0.153 e. The first-order valence-corrected chi connectivity index (χ1v) is 5.75. The molecule has 2 aromatic rings. The average molecular weight is 238 g/mol. The molecule has 1 aromatic carbocycles. The number of nitriles is 1. The van der Waals surface area contributed by atoms with Gasteiger partial charge in [0.05, 0.1) is 11.3 Å². The molecule has 1 heterocycles. The van der Waals surface area contributed by atoms with Gasteiger partial charge in [-0.3, -0.25) is 0 Å². The molecule has 0 spiro atoms. The second kappa shape index (κ2) is 5.19. The molecule has 0 aliphatic heterocycles. The topological polar surface area (TPSA) is 74.7 Å². The summed E-state index contributed by atoms with van der Waals surface area (Å²) in [4.78, 5) is 4.16. The third-order valence-electron chi connectivity index (χ3n) is 2.70. The van der Waals surface area contributed by atoms with Gasteiger partial charge in [0.15, 0.2) is 5.82 Å². The Morgan fingerprint density at radius 1 is 1.39 bits per heavy atom. The minimum Gasteiger partial charge on any atom is -0.396 e. The number of para-hydroxylation sites is 1. The van der Waals surface area contributed by atoms with E-state index >= 15 is 0 Å². The van der Waals surface area contributed by atoms with Crippen molar-refractivity contribution >= 4 is 17.2 Å². The van der Waals surface area contributed by atoms with Crippen molar-refractivity contribution in [2.75, 3.05) is 11.1 Å². The Balaban J connectivity index is 2.32. The number of nitrogens with one attached hydrogen (secondary N) is 1. The number of hydrogen-bond acceptors (Lipinski definition) is 4. The first-order valence-electron chi connectivity index (χ1n) is 5.75. The highest BCUT2D eigenvalue weighted by Crippen LogP contribution is 2.24. The molecule has 4 nitrogen and oxygen atoms in total. The molecule has 2 rings (SSSR count). The van der Waals surface area contributed by atoms with E-state index in [0.29, 0.717) is 17.1 Å². The van der Waals surface area contributed by atoms with Crippen LogP contribution in [0.25, 0.3) is 0 Å². The summed E-state index contributed by atoms with van der Waals surface area (Å²) in [6, 6.07) is 11.6. The Morgan fingerprint density at radius 2 is 2.17 bits per heavy atom. The van der Waals surface area contributed by atoms with Crippen molar-refractivity contribution < 1.29 is 0 Å². The standard InChI is InChI=1S/C14H14N4/c1-2-11-5-3-4-6-13(11)18-14-12(16)7-10(8-15)9-17-14/h3-7,9H,2,16H2,1H3,(H,17,18). The van der Waals surface area contributed by atoms with Crippen LogP contribution in [0.5, 0.6) is 0 Å². The monoisotopic (exact) mass is 238 g/mol. The maximum atomic E-state index is 8.76. The lowest BCUT2D eigenvalue weighted by atomic mass is 10.1. The Hall–Kier alpha value is -2.54. The molecule has 1 aromatic heterocycles. The zero-order valence-electron chi connectivity index (χ0n) is 10.1. The van der Waals surface area contributed by atoms with E-state index in [2.05, 4.69) is 23.3 Å². The predicted molar refractivity (Wildman–Crippen MR) is 72.5 cm³/mol. The van der Waals surface area contributed by atoms with Gasteiger partial charge in [-0.15, -0.1) is 0 Å². The van der Waals surface area contributed by atoms with E-state index in [0.717, 1.165) is 12.1 Å². The number of benzene rings is 1. The zero-order chi connectivity index (χ0) is 13.0. The molecular weight excluding hydrogens is 224 g/mol. The summed E-state index contributed by atoms with van der Waals surface area (Å²) >= 11 is 0. The highest BCUT2D eigenvalue weighted by molar-refractivity contribution is 5.71. The van der Waals surface area contributed by atoms with Gasteiger partial charge >= 0.3 is 0 Å². The zero-order valence-corrected chi connectivity index (χ0v) is 10.1. The van der Waals surface area contributed by atoms with Gasteiger partial charge in [-0.2, -0.15) is 5.26 Å². The van der Waals surface area contributed by atoms with E-state index in [1.165, 1.54) is 11.8 Å². The molecular formula is C14H14N4. The number of nitrogen functional groups attached to an aromatic ring is 1. The summed E-state index contributed by atoms with van der Waals surface area (Å²) in [5, 5.41) is 12.0. The number of aryl methyl sites for hydroxylation is 1. The summed E-state index contributed by atoms with van der Waals surface area (Å²) in [5.41, 5.74) is 8.98. The van der Waals surface area contributed by atoms with Crippen LogP contribution in [0, 0.1) is 11.3 Å². The Morgan fingerprint density at radius 3 is 2.83 bits per heavy atom. The summed E-state index contributed by atoms with van der Waals surface area (Å²) in [5.74, 6) is 0.579. The van der Waals surface area contributed by atoms with Crippen LogP contribution >= 0.6 is 0 Å². The average Bonchev–Trinajstić information content (AvgIpc) is 2.41. The highest BCUT2D eigenvalue weighted by atomic mass is 15.0. The van der Waals surface area contributed by atoms with Crippen LogP contribution in [-0.2, 0) is 6.42 Å².